The molecule has 0 bridgehead atoms. The Morgan fingerprint density at radius 2 is 1.48 bits per heavy atom. The van der Waals surface area contributed by atoms with Crippen molar-refractivity contribution in [2.45, 2.75) is 26.8 Å². The van der Waals surface area contributed by atoms with Crippen molar-refractivity contribution in [2.24, 2.45) is 0 Å². The van der Waals surface area contributed by atoms with Crippen LogP contribution in [0, 0.1) is 6.92 Å². The molecule has 1 aromatic heterocycles. The third kappa shape index (κ3) is 5.99. The number of hydrogen-bond acceptors (Lipinski definition) is 6. The van der Waals surface area contributed by atoms with Crippen molar-refractivity contribution in [1.82, 2.24) is 10.3 Å². The molecule has 0 aliphatic heterocycles. The highest BCUT2D eigenvalue weighted by Gasteiger charge is 2.31. The third-order valence-corrected chi connectivity index (χ3v) is 4.95. The van der Waals surface area contributed by atoms with E-state index in [0.717, 1.165) is 0 Å². The highest BCUT2D eigenvalue weighted by atomic mass is 35.5. The van der Waals surface area contributed by atoms with Gasteiger partial charge in [0.05, 0.1) is 23.3 Å². The minimum atomic E-state index is -1.59. The van der Waals surface area contributed by atoms with Gasteiger partial charge in [-0.2, -0.15) is 0 Å². The lowest BCUT2D eigenvalue weighted by Crippen LogP contribution is -2.48. The van der Waals surface area contributed by atoms with E-state index < -0.39 is 29.8 Å². The van der Waals surface area contributed by atoms with Crippen LogP contribution in [0.25, 0.3) is 0 Å². The smallest absolute Gasteiger partial charge is 0.340 e. The van der Waals surface area contributed by atoms with Gasteiger partial charge in [-0.15, -0.1) is 0 Å². The summed E-state index contributed by atoms with van der Waals surface area (Å²) in [4.78, 5) is 51.6. The summed E-state index contributed by atoms with van der Waals surface area (Å²) in [5, 5.41) is 5.28. The van der Waals surface area contributed by atoms with E-state index in [1.165, 1.54) is 24.3 Å². The largest absolute Gasteiger partial charge is 0.464 e. The van der Waals surface area contributed by atoms with E-state index in [-0.39, 0.29) is 34.5 Å². The zero-order chi connectivity index (χ0) is 23.1. The van der Waals surface area contributed by atoms with Crippen molar-refractivity contribution in [2.75, 3.05) is 18.5 Å². The van der Waals surface area contributed by atoms with Gasteiger partial charge >= 0.3 is 11.9 Å². The Morgan fingerprint density at radius 1 is 0.935 bits per heavy atom. The van der Waals surface area contributed by atoms with Gasteiger partial charge < -0.3 is 25.1 Å². The van der Waals surface area contributed by atoms with Gasteiger partial charge in [0.2, 0.25) is 6.04 Å². The second kappa shape index (κ2) is 10.8. The Labute approximate surface area is 188 Å². The number of rotatable bonds is 8. The van der Waals surface area contributed by atoms with Gasteiger partial charge in [-0.3, -0.25) is 9.59 Å². The highest BCUT2D eigenvalue weighted by molar-refractivity contribution is 6.44. The first-order valence-electron chi connectivity index (χ1n) is 9.28. The van der Waals surface area contributed by atoms with E-state index in [2.05, 4.69) is 15.6 Å². The average Bonchev–Trinajstić information content (AvgIpc) is 3.00. The number of carbonyl (C=O) groups is 4. The number of halogens is 2. The van der Waals surface area contributed by atoms with Crippen molar-refractivity contribution in [3.8, 4) is 0 Å². The van der Waals surface area contributed by atoms with Gasteiger partial charge in [-0.05, 0) is 45.0 Å². The molecule has 0 fully saturated rings. The summed E-state index contributed by atoms with van der Waals surface area (Å²) in [7, 11) is 0. The zero-order valence-corrected chi connectivity index (χ0v) is 18.5. The highest BCUT2D eigenvalue weighted by Crippen LogP contribution is 2.29. The van der Waals surface area contributed by atoms with Crippen LogP contribution in [0.2, 0.25) is 10.0 Å². The standard InChI is InChI=1S/C20H21Cl2N3O6/c1-4-30-19(28)16(20(29)31-5-2)25-17(26)11-6-8-12(9-7-11)24-18(27)15-14(22)13(21)10(3)23-15/h6-9,16,23H,4-5H2,1-3H3,(H,24,27)(H,25,26). The molecule has 31 heavy (non-hydrogen) atoms. The first kappa shape index (κ1) is 24.2. The molecular weight excluding hydrogens is 449 g/mol. The molecule has 3 N–H and O–H groups in total. The molecule has 0 saturated carbocycles. The summed E-state index contributed by atoms with van der Waals surface area (Å²) in [6, 6.07) is 4.18. The number of amides is 2. The second-order valence-corrected chi connectivity index (χ2v) is 6.95. The fraction of sp³-hybridized carbons (Fsp3) is 0.300. The molecule has 0 radical (unpaired) electrons. The predicted octanol–water partition coefficient (Wildman–Crippen LogP) is 3.11. The summed E-state index contributed by atoms with van der Waals surface area (Å²) in [5.74, 6) is -3.05. The summed E-state index contributed by atoms with van der Waals surface area (Å²) < 4.78 is 9.62. The van der Waals surface area contributed by atoms with Crippen LogP contribution in [0.5, 0.6) is 0 Å². The van der Waals surface area contributed by atoms with E-state index in [9.17, 15) is 19.2 Å². The van der Waals surface area contributed by atoms with Crippen molar-refractivity contribution < 1.29 is 28.7 Å². The van der Waals surface area contributed by atoms with E-state index in [4.69, 9.17) is 32.7 Å². The second-order valence-electron chi connectivity index (χ2n) is 6.20. The Kier molecular flexibility index (Phi) is 8.47. The normalized spacial score (nSPS) is 10.5. The molecule has 0 aliphatic rings. The lowest BCUT2D eigenvalue weighted by Gasteiger charge is -2.16. The van der Waals surface area contributed by atoms with Crippen molar-refractivity contribution in [3.63, 3.8) is 0 Å². The summed E-state index contributed by atoms with van der Waals surface area (Å²) in [6.45, 7) is 4.90. The monoisotopic (exact) mass is 469 g/mol. The number of nitrogens with one attached hydrogen (secondary N) is 3. The van der Waals surface area contributed by atoms with Crippen LogP contribution in [0.4, 0.5) is 5.69 Å². The molecule has 0 atom stereocenters. The SMILES string of the molecule is CCOC(=O)C(NC(=O)c1ccc(NC(=O)c2[nH]c(C)c(Cl)c2Cl)cc1)C(=O)OCC. The molecule has 2 amide bonds. The molecule has 1 aromatic carbocycles. The number of aromatic nitrogens is 1. The Balaban J connectivity index is 2.09. The fourth-order valence-electron chi connectivity index (χ4n) is 2.51. The van der Waals surface area contributed by atoms with E-state index in [1.807, 2.05) is 0 Å². The van der Waals surface area contributed by atoms with Crippen LogP contribution in [0.15, 0.2) is 24.3 Å². The minimum Gasteiger partial charge on any atom is -0.464 e. The molecule has 2 aromatic rings. The molecule has 1 heterocycles. The average molecular weight is 470 g/mol. The topological polar surface area (TPSA) is 127 Å². The summed E-state index contributed by atoms with van der Waals surface area (Å²) >= 11 is 12.0. The van der Waals surface area contributed by atoms with Gasteiger partial charge in [0.15, 0.2) is 0 Å². The Bertz CT molecular complexity index is 970. The predicted molar refractivity (Wildman–Crippen MR) is 114 cm³/mol. The number of benzene rings is 1. The summed E-state index contributed by atoms with van der Waals surface area (Å²) in [6.07, 6.45) is 0. The number of ether oxygens (including phenoxy) is 2. The van der Waals surface area contributed by atoms with Crippen LogP contribution in [-0.2, 0) is 19.1 Å². The molecule has 0 unspecified atom stereocenters. The number of esters is 2. The molecule has 0 aliphatic carbocycles. The molecule has 0 spiro atoms. The number of hydrogen-bond donors (Lipinski definition) is 3. The van der Waals surface area contributed by atoms with Crippen LogP contribution in [-0.4, -0.2) is 48.0 Å². The van der Waals surface area contributed by atoms with Crippen molar-refractivity contribution in [3.05, 3.63) is 51.3 Å². The lowest BCUT2D eigenvalue weighted by atomic mass is 10.1. The molecule has 9 nitrogen and oxygen atoms in total. The Morgan fingerprint density at radius 3 is 1.94 bits per heavy atom. The zero-order valence-electron chi connectivity index (χ0n) is 17.0. The van der Waals surface area contributed by atoms with E-state index in [1.54, 1.807) is 20.8 Å². The molecule has 0 saturated heterocycles. The first-order chi connectivity index (χ1) is 14.7. The maximum Gasteiger partial charge on any atom is 0.340 e. The minimum absolute atomic E-state index is 0.0363. The Hall–Kier alpha value is -3.04. The number of aryl methyl sites for hydroxylation is 1. The van der Waals surface area contributed by atoms with Gasteiger partial charge in [-0.25, -0.2) is 9.59 Å². The van der Waals surface area contributed by atoms with Crippen LogP contribution in [0.3, 0.4) is 0 Å². The van der Waals surface area contributed by atoms with Gasteiger partial charge in [0.1, 0.15) is 5.69 Å². The lowest BCUT2D eigenvalue weighted by molar-refractivity contribution is -0.157. The van der Waals surface area contributed by atoms with E-state index >= 15 is 0 Å². The number of aromatic amines is 1. The van der Waals surface area contributed by atoms with Gasteiger partial charge in [0, 0.05) is 16.9 Å². The summed E-state index contributed by atoms with van der Waals surface area (Å²) in [5.41, 5.74) is 1.20. The first-order valence-corrected chi connectivity index (χ1v) is 10.0. The van der Waals surface area contributed by atoms with Crippen LogP contribution >= 0.6 is 23.2 Å². The van der Waals surface area contributed by atoms with Crippen LogP contribution in [0.1, 0.15) is 40.4 Å². The quantitative estimate of drug-likeness (QED) is 0.402. The maximum atomic E-state index is 12.5. The third-order valence-electron chi connectivity index (χ3n) is 4.01. The number of H-pyrrole nitrogens is 1. The molecule has 11 heteroatoms. The van der Waals surface area contributed by atoms with Crippen molar-refractivity contribution in [1.29, 1.82) is 0 Å². The van der Waals surface area contributed by atoms with E-state index in [0.29, 0.717) is 11.4 Å². The van der Waals surface area contributed by atoms with Gasteiger partial charge in [-0.1, -0.05) is 23.2 Å². The number of carbonyl (C=O) groups excluding carboxylic acids is 4. The fourth-order valence-corrected chi connectivity index (χ4v) is 2.92. The van der Waals surface area contributed by atoms with Crippen LogP contribution < -0.4 is 10.6 Å². The number of anilines is 1. The van der Waals surface area contributed by atoms with Crippen molar-refractivity contribution >= 4 is 52.6 Å². The molecule has 2 rings (SSSR count). The molecular formula is C20H21Cl2N3O6. The van der Waals surface area contributed by atoms with Gasteiger partial charge in [0.25, 0.3) is 11.8 Å². The molecule has 166 valence electrons. The maximum absolute atomic E-state index is 12.5.